The summed E-state index contributed by atoms with van der Waals surface area (Å²) in [5.41, 5.74) is -3.80. The Kier molecular flexibility index (Phi) is 2.71. The number of terminal acetylenes is 2. The van der Waals surface area contributed by atoms with E-state index in [4.69, 9.17) is 12.8 Å². The molecule has 2 aromatic carbocycles. The van der Waals surface area contributed by atoms with Crippen molar-refractivity contribution in [3.05, 3.63) is 69.8 Å². The lowest BCUT2D eigenvalue weighted by Gasteiger charge is -2.57. The number of aliphatic hydroxyl groups is 2. The third-order valence-corrected chi connectivity index (χ3v) is 8.54. The van der Waals surface area contributed by atoms with Crippen LogP contribution in [0.15, 0.2) is 36.4 Å². The lowest BCUT2D eigenvalue weighted by molar-refractivity contribution is -0.0851. The molecule has 0 saturated heterocycles. The van der Waals surface area contributed by atoms with E-state index in [2.05, 4.69) is 11.8 Å². The first-order valence-electron chi connectivity index (χ1n) is 9.91. The summed E-state index contributed by atoms with van der Waals surface area (Å²) in [5, 5.41) is 23.7. The molecule has 4 aliphatic carbocycles. The molecule has 6 rings (SSSR count). The molecule has 0 radical (unpaired) electrons. The minimum atomic E-state index is -1.90. The third kappa shape index (κ3) is 1.28. The molecule has 0 heterocycles. The molecule has 0 aromatic heterocycles. The lowest BCUT2D eigenvalue weighted by atomic mass is 9.45. The highest BCUT2D eigenvalue weighted by molar-refractivity contribution is 6.13. The molecule has 0 amide bonds. The van der Waals surface area contributed by atoms with Crippen molar-refractivity contribution in [2.75, 3.05) is 0 Å². The Morgan fingerprint density at radius 2 is 1.13 bits per heavy atom. The maximum absolute atomic E-state index is 13.8. The minimum absolute atomic E-state index is 0.288. The molecule has 0 aliphatic heterocycles. The summed E-state index contributed by atoms with van der Waals surface area (Å²) in [7, 11) is 0. The fourth-order valence-electron chi connectivity index (χ4n) is 7.04. The van der Waals surface area contributed by atoms with Gasteiger partial charge in [0.1, 0.15) is 0 Å². The Morgan fingerprint density at radius 3 is 1.47 bits per heavy atom. The number of carbonyl (C=O) groups excluding carboxylic acids is 2. The number of hydrogen-bond acceptors (Lipinski definition) is 4. The van der Waals surface area contributed by atoms with Crippen LogP contribution >= 0.6 is 0 Å². The first-order chi connectivity index (χ1) is 14.1. The van der Waals surface area contributed by atoms with Crippen LogP contribution in [0.3, 0.4) is 0 Å². The number of carbonyl (C=O) groups is 2. The van der Waals surface area contributed by atoms with Gasteiger partial charge in [-0.1, -0.05) is 48.2 Å². The third-order valence-electron chi connectivity index (χ3n) is 8.54. The van der Waals surface area contributed by atoms with Crippen LogP contribution in [-0.4, -0.2) is 21.8 Å². The molecule has 4 aliphatic rings. The molecule has 4 nitrogen and oxygen atoms in total. The first-order valence-corrected chi connectivity index (χ1v) is 9.91. The second-order valence-electron chi connectivity index (χ2n) is 9.26. The van der Waals surface area contributed by atoms with Crippen molar-refractivity contribution in [2.24, 2.45) is 10.8 Å². The Hall–Kier alpha value is -3.18. The normalized spacial score (nSPS) is 41.3. The summed E-state index contributed by atoms with van der Waals surface area (Å²) in [6.07, 6.45) is 11.8. The minimum Gasteiger partial charge on any atom is -0.372 e. The summed E-state index contributed by atoms with van der Waals surface area (Å²) in [5.74, 6) is 3.29. The molecule has 6 atom stereocenters. The van der Waals surface area contributed by atoms with Gasteiger partial charge in [-0.3, -0.25) is 9.59 Å². The Bertz CT molecular complexity index is 1240. The van der Waals surface area contributed by atoms with Crippen LogP contribution in [0.4, 0.5) is 0 Å². The quantitative estimate of drug-likeness (QED) is 0.674. The predicted octanol–water partition coefficient (Wildman–Crippen LogP) is 2.63. The zero-order valence-electron chi connectivity index (χ0n) is 16.5. The molecule has 2 aromatic rings. The van der Waals surface area contributed by atoms with Gasteiger partial charge < -0.3 is 10.2 Å². The van der Waals surface area contributed by atoms with Crippen molar-refractivity contribution < 1.29 is 19.8 Å². The second-order valence-corrected chi connectivity index (χ2v) is 9.26. The van der Waals surface area contributed by atoms with Crippen LogP contribution < -0.4 is 0 Å². The first kappa shape index (κ1) is 17.7. The van der Waals surface area contributed by atoms with E-state index in [0.29, 0.717) is 33.4 Å². The summed E-state index contributed by atoms with van der Waals surface area (Å²) in [4.78, 5) is 27.6. The smallest absolute Gasteiger partial charge is 0.173 e. The fraction of sp³-hybridized carbons (Fsp3) is 0.308. The number of rotatable bonds is 0. The van der Waals surface area contributed by atoms with Crippen LogP contribution in [-0.2, 0) is 11.2 Å². The van der Waals surface area contributed by atoms with Gasteiger partial charge >= 0.3 is 0 Å². The Morgan fingerprint density at radius 1 is 0.767 bits per heavy atom. The summed E-state index contributed by atoms with van der Waals surface area (Å²) < 4.78 is 0. The van der Waals surface area contributed by atoms with E-state index in [1.807, 2.05) is 0 Å². The topological polar surface area (TPSA) is 74.6 Å². The van der Waals surface area contributed by atoms with Crippen molar-refractivity contribution in [3.63, 3.8) is 0 Å². The van der Waals surface area contributed by atoms with Crippen LogP contribution in [0.1, 0.15) is 68.7 Å². The molecule has 0 spiro atoms. The van der Waals surface area contributed by atoms with Gasteiger partial charge in [0.15, 0.2) is 22.8 Å². The molecule has 0 unspecified atom stereocenters. The van der Waals surface area contributed by atoms with Crippen LogP contribution in [0.2, 0.25) is 0 Å². The molecule has 0 bridgehead atoms. The van der Waals surface area contributed by atoms with Gasteiger partial charge in [-0.05, 0) is 25.0 Å². The van der Waals surface area contributed by atoms with E-state index in [1.165, 1.54) is 0 Å². The van der Waals surface area contributed by atoms with Crippen LogP contribution in [0.25, 0.3) is 0 Å². The van der Waals surface area contributed by atoms with Crippen molar-refractivity contribution in [1.29, 1.82) is 0 Å². The molecule has 30 heavy (non-hydrogen) atoms. The summed E-state index contributed by atoms with van der Waals surface area (Å²) >= 11 is 0. The largest absolute Gasteiger partial charge is 0.372 e. The van der Waals surface area contributed by atoms with E-state index in [-0.39, 0.29) is 11.6 Å². The monoisotopic (exact) mass is 394 g/mol. The average molecular weight is 394 g/mol. The standard InChI is InChI=1S/C26H18O4/c1-5-25(29)15-11-7-9-13-17(15)20-19-18-14(21(27)23(19,25)3)10-8-12-16(18)26(30,6-2)24(20,4)22(13)28/h1-2,7-12,19-20,29-30H,3-4H3/t19-,20-,23+,24+,25+,26+/m1/s1. The van der Waals surface area contributed by atoms with Gasteiger partial charge in [0.25, 0.3) is 0 Å². The molecular weight excluding hydrogens is 376 g/mol. The summed E-state index contributed by atoms with van der Waals surface area (Å²) in [6, 6.07) is 10.0. The second kappa shape index (κ2) is 4.60. The lowest BCUT2D eigenvalue weighted by Crippen LogP contribution is -2.60. The zero-order chi connectivity index (χ0) is 21.4. The van der Waals surface area contributed by atoms with Crippen LogP contribution in [0, 0.1) is 35.5 Å². The highest BCUT2D eigenvalue weighted by Gasteiger charge is 2.78. The van der Waals surface area contributed by atoms with Gasteiger partial charge in [0, 0.05) is 34.1 Å². The Labute approximate surface area is 173 Å². The molecular formula is C26H18O4. The molecule has 146 valence electrons. The number of benzene rings is 2. The van der Waals surface area contributed by atoms with E-state index < -0.39 is 33.9 Å². The van der Waals surface area contributed by atoms with Crippen molar-refractivity contribution in [2.45, 2.75) is 36.9 Å². The van der Waals surface area contributed by atoms with Gasteiger partial charge in [-0.25, -0.2) is 0 Å². The molecule has 4 heteroatoms. The highest BCUT2D eigenvalue weighted by Crippen LogP contribution is 2.76. The Balaban J connectivity index is 1.91. The van der Waals surface area contributed by atoms with Crippen molar-refractivity contribution >= 4 is 11.6 Å². The maximum atomic E-state index is 13.8. The van der Waals surface area contributed by atoms with Crippen molar-refractivity contribution in [3.8, 4) is 24.7 Å². The number of hydrogen-bond donors (Lipinski definition) is 2. The maximum Gasteiger partial charge on any atom is 0.173 e. The SMILES string of the molecule is C#C[C@]1(O)c2cccc3c2[C@@H]2[C@H]4c5c(cccc5[C@@](O)(C#C)[C@]2(C)C3=O)C(=O)[C@]41C. The average Bonchev–Trinajstić information content (AvgIpc) is 3.14. The molecule has 0 saturated carbocycles. The van der Waals surface area contributed by atoms with Crippen molar-refractivity contribution in [1.82, 2.24) is 0 Å². The van der Waals surface area contributed by atoms with E-state index >= 15 is 0 Å². The molecule has 0 fully saturated rings. The fourth-order valence-corrected chi connectivity index (χ4v) is 7.04. The van der Waals surface area contributed by atoms with Gasteiger partial charge in [0.2, 0.25) is 0 Å². The van der Waals surface area contributed by atoms with Gasteiger partial charge in [-0.15, -0.1) is 12.8 Å². The summed E-state index contributed by atoms with van der Waals surface area (Å²) in [6.45, 7) is 3.37. The molecule has 2 N–H and O–H groups in total. The predicted molar refractivity (Wildman–Crippen MR) is 109 cm³/mol. The van der Waals surface area contributed by atoms with E-state index in [0.717, 1.165) is 0 Å². The number of ketones is 2. The highest BCUT2D eigenvalue weighted by atomic mass is 16.3. The van der Waals surface area contributed by atoms with E-state index in [1.54, 1.807) is 50.2 Å². The van der Waals surface area contributed by atoms with Gasteiger partial charge in [0.05, 0.1) is 10.8 Å². The van der Waals surface area contributed by atoms with Gasteiger partial charge in [-0.2, -0.15) is 0 Å². The van der Waals surface area contributed by atoms with E-state index in [9.17, 15) is 19.8 Å². The number of Topliss-reactive ketones (excluding diaryl/α,β-unsaturated/α-hetero) is 2. The zero-order valence-corrected chi connectivity index (χ0v) is 16.5. The van der Waals surface area contributed by atoms with Crippen LogP contribution in [0.5, 0.6) is 0 Å².